The molecule has 0 aliphatic rings. The molecule has 0 radical (unpaired) electrons. The van der Waals surface area contributed by atoms with Gasteiger partial charge in [-0.05, 0) is 54.1 Å². The number of oxazole rings is 1. The second kappa shape index (κ2) is 7.62. The highest BCUT2D eigenvalue weighted by atomic mass is 32.2. The summed E-state index contributed by atoms with van der Waals surface area (Å²) in [5.41, 5.74) is 2.93. The molecule has 0 atom stereocenters. The van der Waals surface area contributed by atoms with Gasteiger partial charge < -0.3 is 4.42 Å². The summed E-state index contributed by atoms with van der Waals surface area (Å²) in [5.74, 6) is 0.630. The maximum absolute atomic E-state index is 13.4. The molecule has 0 spiro atoms. The highest BCUT2D eigenvalue weighted by molar-refractivity contribution is 7.89. The van der Waals surface area contributed by atoms with E-state index in [4.69, 9.17) is 9.56 Å². The van der Waals surface area contributed by atoms with Crippen LogP contribution in [0.4, 0.5) is 4.39 Å². The topological polar surface area (TPSA) is 86.2 Å². The lowest BCUT2D eigenvalue weighted by Gasteiger charge is -2.03. The van der Waals surface area contributed by atoms with Crippen LogP contribution in [-0.2, 0) is 16.4 Å². The molecule has 146 valence electrons. The molecule has 1 aromatic heterocycles. The highest BCUT2D eigenvalue weighted by Crippen LogP contribution is 2.34. The fourth-order valence-electron chi connectivity index (χ4n) is 3.01. The molecule has 0 amide bonds. The van der Waals surface area contributed by atoms with Crippen LogP contribution in [0.25, 0.3) is 22.6 Å². The van der Waals surface area contributed by atoms with Crippen molar-refractivity contribution >= 4 is 10.0 Å². The number of benzene rings is 3. The van der Waals surface area contributed by atoms with Crippen LogP contribution in [0.1, 0.15) is 11.5 Å². The van der Waals surface area contributed by atoms with Crippen LogP contribution in [0, 0.1) is 5.82 Å². The minimum Gasteiger partial charge on any atom is -0.440 e. The number of sulfonamides is 1. The van der Waals surface area contributed by atoms with Crippen LogP contribution in [0.15, 0.2) is 88.2 Å². The molecule has 0 unspecified atom stereocenters. The number of nitrogens with two attached hydrogens (primary N) is 1. The van der Waals surface area contributed by atoms with Crippen molar-refractivity contribution < 1.29 is 17.2 Å². The number of hydrogen-bond donors (Lipinski definition) is 1. The van der Waals surface area contributed by atoms with Crippen molar-refractivity contribution in [3.8, 4) is 22.6 Å². The highest BCUT2D eigenvalue weighted by Gasteiger charge is 2.18. The van der Waals surface area contributed by atoms with Gasteiger partial charge in [-0.3, -0.25) is 0 Å². The lowest BCUT2D eigenvalue weighted by atomic mass is 10.1. The molecule has 0 saturated carbocycles. The Bertz CT molecular complexity index is 1230. The first-order valence-corrected chi connectivity index (χ1v) is 10.4. The summed E-state index contributed by atoms with van der Waals surface area (Å²) < 4.78 is 42.4. The summed E-state index contributed by atoms with van der Waals surface area (Å²) in [6.45, 7) is 0. The van der Waals surface area contributed by atoms with Crippen molar-refractivity contribution in [2.24, 2.45) is 5.14 Å². The van der Waals surface area contributed by atoms with Crippen molar-refractivity contribution in [2.75, 3.05) is 0 Å². The van der Waals surface area contributed by atoms with Gasteiger partial charge in [0.1, 0.15) is 11.5 Å². The van der Waals surface area contributed by atoms with Gasteiger partial charge in [-0.2, -0.15) is 0 Å². The second-order valence-corrected chi connectivity index (χ2v) is 8.09. The smallest absolute Gasteiger partial charge is 0.238 e. The predicted molar refractivity (Wildman–Crippen MR) is 108 cm³/mol. The Morgan fingerprint density at radius 3 is 2.10 bits per heavy atom. The van der Waals surface area contributed by atoms with E-state index in [-0.39, 0.29) is 10.7 Å². The van der Waals surface area contributed by atoms with Crippen molar-refractivity contribution in [1.82, 2.24) is 4.98 Å². The monoisotopic (exact) mass is 408 g/mol. The molecule has 5 nitrogen and oxygen atoms in total. The molecule has 3 aromatic carbocycles. The quantitative estimate of drug-likeness (QED) is 0.531. The molecular formula is C22H17FN2O3S. The third-order valence-electron chi connectivity index (χ3n) is 4.43. The molecule has 0 aliphatic heterocycles. The maximum Gasteiger partial charge on any atom is 0.238 e. The van der Waals surface area contributed by atoms with Gasteiger partial charge in [0.2, 0.25) is 10.0 Å². The zero-order chi connectivity index (χ0) is 20.4. The van der Waals surface area contributed by atoms with Gasteiger partial charge in [0, 0.05) is 17.5 Å². The molecule has 0 bridgehead atoms. The van der Waals surface area contributed by atoms with E-state index in [9.17, 15) is 12.8 Å². The zero-order valence-corrected chi connectivity index (χ0v) is 16.1. The minimum atomic E-state index is -3.79. The fourth-order valence-corrected chi connectivity index (χ4v) is 3.52. The van der Waals surface area contributed by atoms with Crippen LogP contribution < -0.4 is 5.14 Å². The van der Waals surface area contributed by atoms with Crippen molar-refractivity contribution in [1.29, 1.82) is 0 Å². The standard InChI is InChI=1S/C22H17FN2O3S/c23-18-10-6-16(7-11-18)21-22(17-8-12-19(13-9-17)29(24,26)27)28-20(25-21)14-15-4-2-1-3-5-15/h1-13H,14H2,(H2,24,26,27). The Kier molecular flexibility index (Phi) is 5.00. The summed E-state index contributed by atoms with van der Waals surface area (Å²) >= 11 is 0. The molecule has 29 heavy (non-hydrogen) atoms. The Hall–Kier alpha value is -3.29. The molecule has 4 aromatic rings. The molecule has 2 N–H and O–H groups in total. The molecule has 1 heterocycles. The van der Waals surface area contributed by atoms with E-state index in [0.717, 1.165) is 5.56 Å². The van der Waals surface area contributed by atoms with Crippen LogP contribution in [0.3, 0.4) is 0 Å². The van der Waals surface area contributed by atoms with E-state index in [1.807, 2.05) is 30.3 Å². The van der Waals surface area contributed by atoms with Gasteiger partial charge in [0.15, 0.2) is 11.7 Å². The Balaban J connectivity index is 1.79. The summed E-state index contributed by atoms with van der Waals surface area (Å²) in [6.07, 6.45) is 0.490. The van der Waals surface area contributed by atoms with Crippen molar-refractivity contribution in [3.05, 3.63) is 96.1 Å². The molecule has 0 aliphatic carbocycles. The second-order valence-electron chi connectivity index (χ2n) is 6.52. The molecule has 7 heteroatoms. The third kappa shape index (κ3) is 4.26. The Morgan fingerprint density at radius 2 is 1.48 bits per heavy atom. The SMILES string of the molecule is NS(=O)(=O)c1ccc(-c2oc(Cc3ccccc3)nc2-c2ccc(F)cc2)cc1. The Labute approximate surface area is 167 Å². The van der Waals surface area contributed by atoms with Crippen LogP contribution in [0.5, 0.6) is 0 Å². The normalized spacial score (nSPS) is 11.5. The largest absolute Gasteiger partial charge is 0.440 e. The van der Waals surface area contributed by atoms with Gasteiger partial charge in [-0.25, -0.2) is 22.9 Å². The fraction of sp³-hybridized carbons (Fsp3) is 0.0455. The van der Waals surface area contributed by atoms with E-state index >= 15 is 0 Å². The minimum absolute atomic E-state index is 0.00797. The zero-order valence-electron chi connectivity index (χ0n) is 15.2. The van der Waals surface area contributed by atoms with Crippen LogP contribution in [-0.4, -0.2) is 13.4 Å². The van der Waals surface area contributed by atoms with Gasteiger partial charge >= 0.3 is 0 Å². The maximum atomic E-state index is 13.4. The summed E-state index contributed by atoms with van der Waals surface area (Å²) in [5, 5.41) is 5.17. The number of rotatable bonds is 5. The van der Waals surface area contributed by atoms with E-state index < -0.39 is 10.0 Å². The average Bonchev–Trinajstić information content (AvgIpc) is 3.12. The van der Waals surface area contributed by atoms with E-state index in [1.54, 1.807) is 24.3 Å². The van der Waals surface area contributed by atoms with Gasteiger partial charge in [-0.1, -0.05) is 30.3 Å². The summed E-state index contributed by atoms with van der Waals surface area (Å²) in [7, 11) is -3.79. The summed E-state index contributed by atoms with van der Waals surface area (Å²) in [4.78, 5) is 4.63. The van der Waals surface area contributed by atoms with Crippen molar-refractivity contribution in [3.63, 3.8) is 0 Å². The van der Waals surface area contributed by atoms with Crippen LogP contribution >= 0.6 is 0 Å². The van der Waals surface area contributed by atoms with Crippen LogP contribution in [0.2, 0.25) is 0 Å². The van der Waals surface area contributed by atoms with Crippen molar-refractivity contribution in [2.45, 2.75) is 11.3 Å². The third-order valence-corrected chi connectivity index (χ3v) is 5.36. The number of primary sulfonamides is 1. The first-order valence-electron chi connectivity index (χ1n) is 8.83. The molecular weight excluding hydrogens is 391 g/mol. The number of halogens is 1. The lowest BCUT2D eigenvalue weighted by molar-refractivity contribution is 0.519. The Morgan fingerprint density at radius 1 is 0.862 bits per heavy atom. The van der Waals surface area contributed by atoms with Gasteiger partial charge in [0.05, 0.1) is 4.90 Å². The number of nitrogens with zero attached hydrogens (tertiary/aromatic N) is 1. The van der Waals surface area contributed by atoms with E-state index in [0.29, 0.717) is 34.9 Å². The predicted octanol–water partition coefficient (Wildman–Crippen LogP) is 4.39. The first kappa shape index (κ1) is 19.0. The molecule has 0 fully saturated rings. The molecule has 0 saturated heterocycles. The first-order chi connectivity index (χ1) is 13.9. The summed E-state index contributed by atoms with van der Waals surface area (Å²) in [6, 6.07) is 21.8. The van der Waals surface area contributed by atoms with Gasteiger partial charge in [0.25, 0.3) is 0 Å². The molecule has 4 rings (SSSR count). The average molecular weight is 408 g/mol. The number of hydrogen-bond acceptors (Lipinski definition) is 4. The number of aromatic nitrogens is 1. The van der Waals surface area contributed by atoms with E-state index in [1.165, 1.54) is 24.3 Å². The lowest BCUT2D eigenvalue weighted by Crippen LogP contribution is -2.11. The van der Waals surface area contributed by atoms with E-state index in [2.05, 4.69) is 4.98 Å². The van der Waals surface area contributed by atoms with Gasteiger partial charge in [-0.15, -0.1) is 0 Å².